The summed E-state index contributed by atoms with van der Waals surface area (Å²) in [4.78, 5) is 5.18. The number of rotatable bonds is 3. The Bertz CT molecular complexity index is 614. The van der Waals surface area contributed by atoms with Crippen LogP contribution in [0.5, 0.6) is 0 Å². The number of nitriles is 1. The number of thiazole rings is 1. The summed E-state index contributed by atoms with van der Waals surface area (Å²) in [6, 6.07) is 7.58. The molecule has 1 aromatic heterocycles. The van der Waals surface area contributed by atoms with Crippen molar-refractivity contribution in [3.63, 3.8) is 0 Å². The van der Waals surface area contributed by atoms with E-state index in [-0.39, 0.29) is 0 Å². The zero-order valence-corrected chi connectivity index (χ0v) is 12.0. The van der Waals surface area contributed by atoms with E-state index in [9.17, 15) is 0 Å². The number of halogens is 2. The summed E-state index contributed by atoms with van der Waals surface area (Å²) in [5.41, 5.74) is 1.76. The van der Waals surface area contributed by atoms with Gasteiger partial charge in [-0.15, -0.1) is 11.3 Å². The Hall–Kier alpha value is -1.08. The number of hydrogen-bond acceptors (Lipinski definition) is 3. The average Bonchev–Trinajstić information content (AvgIpc) is 2.76. The molecule has 1 heterocycles. The number of aryl methyl sites for hydroxylation is 1. The van der Waals surface area contributed by atoms with Gasteiger partial charge in [0, 0.05) is 5.56 Å². The van der Waals surface area contributed by atoms with Gasteiger partial charge in [0.05, 0.1) is 15.7 Å². The second-order valence-corrected chi connectivity index (χ2v) is 5.60. The van der Waals surface area contributed by atoms with Crippen LogP contribution in [-0.2, 0) is 6.42 Å². The molecule has 2 rings (SSSR count). The quantitative estimate of drug-likeness (QED) is 0.804. The van der Waals surface area contributed by atoms with Gasteiger partial charge in [0.15, 0.2) is 0 Å². The highest BCUT2D eigenvalue weighted by Crippen LogP contribution is 2.32. The maximum atomic E-state index is 9.08. The Labute approximate surface area is 120 Å². The zero-order valence-electron chi connectivity index (χ0n) is 9.70. The van der Waals surface area contributed by atoms with E-state index >= 15 is 0 Å². The van der Waals surface area contributed by atoms with Gasteiger partial charge < -0.3 is 0 Å². The van der Waals surface area contributed by atoms with Crippen molar-refractivity contribution in [1.29, 1.82) is 5.26 Å². The molecular weight excluding hydrogens is 287 g/mol. The molecule has 0 fully saturated rings. The van der Waals surface area contributed by atoms with E-state index in [0.29, 0.717) is 14.9 Å². The third-order valence-corrected chi connectivity index (χ3v) is 4.24. The summed E-state index contributed by atoms with van der Waals surface area (Å²) in [5.74, 6) is 0. The lowest BCUT2D eigenvalue weighted by molar-refractivity contribution is 0.890. The first kappa shape index (κ1) is 13.4. The van der Waals surface area contributed by atoms with E-state index in [4.69, 9.17) is 28.5 Å². The fourth-order valence-electron chi connectivity index (χ4n) is 1.60. The van der Waals surface area contributed by atoms with E-state index in [0.717, 1.165) is 29.1 Å². The molecule has 0 amide bonds. The SMILES string of the molecule is CCCc1nc(-c2ccc(Cl)c(Cl)c2)sc1C#N. The van der Waals surface area contributed by atoms with Crippen molar-refractivity contribution < 1.29 is 0 Å². The van der Waals surface area contributed by atoms with E-state index in [1.54, 1.807) is 12.1 Å². The first-order valence-corrected chi connectivity index (χ1v) is 7.08. The molecule has 0 N–H and O–H groups in total. The minimum Gasteiger partial charge on any atom is -0.240 e. The summed E-state index contributed by atoms with van der Waals surface area (Å²) in [5, 5.41) is 10.9. The standard InChI is InChI=1S/C13H10Cl2N2S/c1-2-3-11-12(7-16)18-13(17-11)8-4-5-9(14)10(15)6-8/h4-6H,2-3H2,1H3. The second-order valence-electron chi connectivity index (χ2n) is 3.79. The summed E-state index contributed by atoms with van der Waals surface area (Å²) in [6.07, 6.45) is 1.79. The van der Waals surface area contributed by atoms with Crippen molar-refractivity contribution in [2.75, 3.05) is 0 Å². The minimum absolute atomic E-state index is 0.500. The molecule has 2 nitrogen and oxygen atoms in total. The van der Waals surface area contributed by atoms with E-state index in [2.05, 4.69) is 18.0 Å². The maximum Gasteiger partial charge on any atom is 0.128 e. The van der Waals surface area contributed by atoms with Crippen LogP contribution >= 0.6 is 34.5 Å². The summed E-state index contributed by atoms with van der Waals surface area (Å²) >= 11 is 13.3. The van der Waals surface area contributed by atoms with Crippen LogP contribution in [0.2, 0.25) is 10.0 Å². The van der Waals surface area contributed by atoms with E-state index in [1.807, 2.05) is 6.07 Å². The Balaban J connectivity index is 2.45. The third-order valence-electron chi connectivity index (χ3n) is 2.45. The molecule has 0 radical (unpaired) electrons. The first-order chi connectivity index (χ1) is 8.65. The Morgan fingerprint density at radius 2 is 2.11 bits per heavy atom. The van der Waals surface area contributed by atoms with Crippen LogP contribution in [0.4, 0.5) is 0 Å². The van der Waals surface area contributed by atoms with E-state index in [1.165, 1.54) is 11.3 Å². The van der Waals surface area contributed by atoms with Crippen LogP contribution in [0, 0.1) is 11.3 Å². The number of benzene rings is 1. The molecule has 0 bridgehead atoms. The Morgan fingerprint density at radius 3 is 2.72 bits per heavy atom. The average molecular weight is 297 g/mol. The monoisotopic (exact) mass is 296 g/mol. The van der Waals surface area contributed by atoms with Crippen LogP contribution in [0.3, 0.4) is 0 Å². The number of hydrogen-bond donors (Lipinski definition) is 0. The predicted molar refractivity (Wildman–Crippen MR) is 76.3 cm³/mol. The molecule has 18 heavy (non-hydrogen) atoms. The molecule has 0 saturated heterocycles. The van der Waals surface area contributed by atoms with Gasteiger partial charge in [0.1, 0.15) is 16.0 Å². The van der Waals surface area contributed by atoms with Gasteiger partial charge in [0.25, 0.3) is 0 Å². The first-order valence-electron chi connectivity index (χ1n) is 5.51. The molecule has 0 aliphatic rings. The lowest BCUT2D eigenvalue weighted by Crippen LogP contribution is -1.86. The molecule has 5 heteroatoms. The molecular formula is C13H10Cl2N2S. The van der Waals surface area contributed by atoms with Gasteiger partial charge in [-0.2, -0.15) is 5.26 Å². The van der Waals surface area contributed by atoms with Crippen molar-refractivity contribution in [2.24, 2.45) is 0 Å². The van der Waals surface area contributed by atoms with Crippen LogP contribution in [-0.4, -0.2) is 4.98 Å². The highest BCUT2D eigenvalue weighted by molar-refractivity contribution is 7.15. The summed E-state index contributed by atoms with van der Waals surface area (Å²) < 4.78 is 0. The lowest BCUT2D eigenvalue weighted by atomic mass is 10.2. The van der Waals surface area contributed by atoms with Gasteiger partial charge in [-0.25, -0.2) is 4.98 Å². The molecule has 0 aliphatic carbocycles. The second kappa shape index (κ2) is 5.71. The number of aromatic nitrogens is 1. The van der Waals surface area contributed by atoms with Crippen molar-refractivity contribution >= 4 is 34.5 Å². The normalized spacial score (nSPS) is 10.3. The van der Waals surface area contributed by atoms with Crippen LogP contribution in [0.1, 0.15) is 23.9 Å². The Morgan fingerprint density at radius 1 is 1.33 bits per heavy atom. The molecule has 92 valence electrons. The maximum absolute atomic E-state index is 9.08. The van der Waals surface area contributed by atoms with Gasteiger partial charge in [-0.3, -0.25) is 0 Å². The highest BCUT2D eigenvalue weighted by atomic mass is 35.5. The number of nitrogens with zero attached hydrogens (tertiary/aromatic N) is 2. The summed E-state index contributed by atoms with van der Waals surface area (Å²) in [6.45, 7) is 2.07. The minimum atomic E-state index is 0.500. The van der Waals surface area contributed by atoms with Crippen molar-refractivity contribution in [3.05, 3.63) is 38.8 Å². The fourth-order valence-corrected chi connectivity index (χ4v) is 2.80. The third kappa shape index (κ3) is 2.67. The molecule has 0 unspecified atom stereocenters. The highest BCUT2D eigenvalue weighted by Gasteiger charge is 2.12. The molecule has 1 aromatic carbocycles. The smallest absolute Gasteiger partial charge is 0.128 e. The Kier molecular flexibility index (Phi) is 4.23. The molecule has 0 aliphatic heterocycles. The van der Waals surface area contributed by atoms with Crippen LogP contribution in [0.15, 0.2) is 18.2 Å². The molecule has 0 atom stereocenters. The van der Waals surface area contributed by atoms with Crippen molar-refractivity contribution in [2.45, 2.75) is 19.8 Å². The van der Waals surface area contributed by atoms with Crippen molar-refractivity contribution in [3.8, 4) is 16.6 Å². The van der Waals surface area contributed by atoms with Crippen LogP contribution in [0.25, 0.3) is 10.6 Å². The van der Waals surface area contributed by atoms with Gasteiger partial charge in [-0.1, -0.05) is 42.6 Å². The van der Waals surface area contributed by atoms with E-state index < -0.39 is 0 Å². The lowest BCUT2D eigenvalue weighted by Gasteiger charge is -1.99. The van der Waals surface area contributed by atoms with Crippen molar-refractivity contribution in [1.82, 2.24) is 4.98 Å². The molecule has 2 aromatic rings. The molecule has 0 spiro atoms. The zero-order chi connectivity index (χ0) is 13.1. The largest absolute Gasteiger partial charge is 0.240 e. The molecule has 0 saturated carbocycles. The topological polar surface area (TPSA) is 36.7 Å². The fraction of sp³-hybridized carbons (Fsp3) is 0.231. The summed E-state index contributed by atoms with van der Waals surface area (Å²) in [7, 11) is 0. The van der Waals surface area contributed by atoms with Gasteiger partial charge in [-0.05, 0) is 18.6 Å². The van der Waals surface area contributed by atoms with Crippen LogP contribution < -0.4 is 0 Å². The van der Waals surface area contributed by atoms with Gasteiger partial charge in [0.2, 0.25) is 0 Å². The van der Waals surface area contributed by atoms with Gasteiger partial charge >= 0.3 is 0 Å². The predicted octanol–water partition coefficient (Wildman–Crippen LogP) is 4.94.